The summed E-state index contributed by atoms with van der Waals surface area (Å²) in [6, 6.07) is 2.09. The van der Waals surface area contributed by atoms with Gasteiger partial charge in [-0.15, -0.1) is 0 Å². The van der Waals surface area contributed by atoms with Gasteiger partial charge in [-0.3, -0.25) is 14.6 Å². The van der Waals surface area contributed by atoms with E-state index in [9.17, 15) is 12.8 Å². The molecule has 10 heteroatoms. The summed E-state index contributed by atoms with van der Waals surface area (Å²) < 4.78 is 42.5. The van der Waals surface area contributed by atoms with Gasteiger partial charge in [-0.05, 0) is 55.1 Å². The highest BCUT2D eigenvalue weighted by Gasteiger charge is 2.58. The Morgan fingerprint density at radius 1 is 1.33 bits per heavy atom. The highest BCUT2D eigenvalue weighted by Crippen LogP contribution is 2.59. The molecule has 1 atom stereocenters. The van der Waals surface area contributed by atoms with Gasteiger partial charge in [0.1, 0.15) is 0 Å². The van der Waals surface area contributed by atoms with Crippen LogP contribution < -0.4 is 15.2 Å². The summed E-state index contributed by atoms with van der Waals surface area (Å²) >= 11 is 0. The second-order valence-electron chi connectivity index (χ2n) is 8.48. The lowest BCUT2D eigenvalue weighted by Crippen LogP contribution is -2.65. The first kappa shape index (κ1) is 21.1. The molecule has 0 radical (unpaired) electrons. The van der Waals surface area contributed by atoms with Crippen LogP contribution in [0.3, 0.4) is 0 Å². The Hall–Kier alpha value is -2.14. The van der Waals surface area contributed by atoms with E-state index < -0.39 is 16.0 Å². The molecular weight excluding hydrogens is 407 g/mol. The van der Waals surface area contributed by atoms with Crippen LogP contribution in [0.5, 0.6) is 0 Å². The van der Waals surface area contributed by atoms with Crippen molar-refractivity contribution < 1.29 is 12.8 Å². The fraction of sp³-hybridized carbons (Fsp3) is 0.500. The smallest absolute Gasteiger partial charge is 0.300 e. The summed E-state index contributed by atoms with van der Waals surface area (Å²) in [5.74, 6) is -1.02. The number of aromatic nitrogens is 2. The van der Waals surface area contributed by atoms with Gasteiger partial charge in [0, 0.05) is 56.1 Å². The van der Waals surface area contributed by atoms with E-state index in [0.717, 1.165) is 36.1 Å². The highest BCUT2D eigenvalue weighted by molar-refractivity contribution is 7.90. The average molecular weight is 435 g/mol. The molecule has 2 aromatic rings. The predicted molar refractivity (Wildman–Crippen MR) is 113 cm³/mol. The first-order valence-electron chi connectivity index (χ1n) is 9.89. The molecule has 30 heavy (non-hydrogen) atoms. The fourth-order valence-electron chi connectivity index (χ4n) is 5.05. The van der Waals surface area contributed by atoms with Gasteiger partial charge < -0.3 is 5.73 Å². The number of likely N-dealkylation sites (tertiary alicyclic amines) is 1. The van der Waals surface area contributed by atoms with Crippen molar-refractivity contribution in [2.75, 3.05) is 25.4 Å². The maximum absolute atomic E-state index is 14.9. The number of pyridine rings is 2. The average Bonchev–Trinajstić information content (AvgIpc) is 2.66. The van der Waals surface area contributed by atoms with Crippen molar-refractivity contribution in [3.8, 4) is 0 Å². The van der Waals surface area contributed by atoms with Gasteiger partial charge in [-0.25, -0.2) is 14.1 Å². The Kier molecular flexibility index (Phi) is 5.29. The van der Waals surface area contributed by atoms with Crippen molar-refractivity contribution in [3.63, 3.8) is 0 Å². The Labute approximate surface area is 176 Å². The van der Waals surface area contributed by atoms with Crippen LogP contribution in [0.1, 0.15) is 41.1 Å². The molecule has 1 spiro atoms. The van der Waals surface area contributed by atoms with Crippen LogP contribution in [0.2, 0.25) is 0 Å². The maximum Gasteiger partial charge on any atom is 0.300 e. The SMILES string of the molecule is CNS(=O)(=O)Nc1nccc(Cc2cncc(C3N(C)CC34CC(N)C4)c2C)c1F. The van der Waals surface area contributed by atoms with Crippen molar-refractivity contribution in [1.29, 1.82) is 0 Å². The van der Waals surface area contributed by atoms with Gasteiger partial charge >= 0.3 is 0 Å². The van der Waals surface area contributed by atoms with Crippen molar-refractivity contribution in [1.82, 2.24) is 19.6 Å². The molecule has 1 aliphatic heterocycles. The summed E-state index contributed by atoms with van der Waals surface area (Å²) in [5, 5.41) is 0. The number of hydrogen-bond acceptors (Lipinski definition) is 6. The zero-order chi connectivity index (χ0) is 21.7. The van der Waals surface area contributed by atoms with Gasteiger partial charge in [0.2, 0.25) is 0 Å². The molecule has 1 saturated carbocycles. The molecule has 2 aliphatic rings. The predicted octanol–water partition coefficient (Wildman–Crippen LogP) is 1.49. The zero-order valence-corrected chi connectivity index (χ0v) is 18.1. The first-order valence-corrected chi connectivity index (χ1v) is 11.4. The van der Waals surface area contributed by atoms with Crippen LogP contribution in [-0.4, -0.2) is 50.0 Å². The topological polar surface area (TPSA) is 113 Å². The van der Waals surface area contributed by atoms with E-state index in [4.69, 9.17) is 5.73 Å². The summed E-state index contributed by atoms with van der Waals surface area (Å²) in [6.45, 7) is 3.07. The molecule has 1 aliphatic carbocycles. The third kappa shape index (κ3) is 3.58. The second kappa shape index (κ2) is 7.52. The summed E-state index contributed by atoms with van der Waals surface area (Å²) in [5.41, 5.74) is 9.77. The molecule has 1 saturated heterocycles. The molecule has 0 aromatic carbocycles. The lowest BCUT2D eigenvalue weighted by atomic mass is 9.54. The van der Waals surface area contributed by atoms with Gasteiger partial charge in [0.25, 0.3) is 10.2 Å². The minimum absolute atomic E-state index is 0.222. The van der Waals surface area contributed by atoms with Crippen LogP contribution in [0.4, 0.5) is 10.2 Å². The molecule has 4 rings (SSSR count). The molecule has 1 unspecified atom stereocenters. The van der Waals surface area contributed by atoms with Crippen LogP contribution >= 0.6 is 0 Å². The Balaban J connectivity index is 1.62. The Morgan fingerprint density at radius 3 is 2.70 bits per heavy atom. The van der Waals surface area contributed by atoms with E-state index in [0.29, 0.717) is 5.56 Å². The second-order valence-corrected chi connectivity index (χ2v) is 10.1. The zero-order valence-electron chi connectivity index (χ0n) is 17.3. The molecule has 2 aromatic heterocycles. The highest BCUT2D eigenvalue weighted by atomic mass is 32.2. The monoisotopic (exact) mass is 434 g/mol. The molecule has 8 nitrogen and oxygen atoms in total. The van der Waals surface area contributed by atoms with E-state index in [2.05, 4.69) is 31.4 Å². The summed E-state index contributed by atoms with van der Waals surface area (Å²) in [6.07, 6.45) is 7.36. The number of nitrogens with two attached hydrogens (primary N) is 1. The summed E-state index contributed by atoms with van der Waals surface area (Å²) in [7, 11) is -0.512. The third-order valence-corrected chi connectivity index (χ3v) is 7.43. The Morgan fingerprint density at radius 2 is 2.07 bits per heavy atom. The van der Waals surface area contributed by atoms with Crippen molar-refractivity contribution in [3.05, 3.63) is 52.7 Å². The number of rotatable bonds is 6. The number of anilines is 1. The number of nitrogens with one attached hydrogen (secondary N) is 2. The van der Waals surface area contributed by atoms with Gasteiger partial charge in [-0.1, -0.05) is 0 Å². The minimum Gasteiger partial charge on any atom is -0.328 e. The van der Waals surface area contributed by atoms with E-state index in [1.165, 1.54) is 13.2 Å². The molecule has 0 bridgehead atoms. The van der Waals surface area contributed by atoms with Gasteiger partial charge in [0.05, 0.1) is 0 Å². The van der Waals surface area contributed by atoms with Crippen molar-refractivity contribution in [2.45, 2.75) is 38.3 Å². The lowest BCUT2D eigenvalue weighted by Gasteiger charge is -2.63. The fourth-order valence-corrected chi connectivity index (χ4v) is 5.55. The van der Waals surface area contributed by atoms with E-state index in [1.807, 2.05) is 13.1 Å². The summed E-state index contributed by atoms with van der Waals surface area (Å²) in [4.78, 5) is 10.6. The number of nitrogens with zero attached hydrogens (tertiary/aromatic N) is 3. The molecular formula is C20H27FN6O2S. The molecule has 162 valence electrons. The molecule has 4 N–H and O–H groups in total. The van der Waals surface area contributed by atoms with Crippen molar-refractivity contribution in [2.24, 2.45) is 11.1 Å². The van der Waals surface area contributed by atoms with Crippen LogP contribution in [0.25, 0.3) is 0 Å². The minimum atomic E-state index is -3.86. The molecule has 2 fully saturated rings. The normalized spacial score (nSPS) is 26.3. The van der Waals surface area contributed by atoms with Gasteiger partial charge in [0.15, 0.2) is 11.6 Å². The first-order chi connectivity index (χ1) is 14.2. The van der Waals surface area contributed by atoms with Crippen LogP contribution in [0, 0.1) is 18.2 Å². The van der Waals surface area contributed by atoms with Crippen LogP contribution in [0.15, 0.2) is 24.7 Å². The maximum atomic E-state index is 14.9. The number of halogens is 1. The molecule has 3 heterocycles. The van der Waals surface area contributed by atoms with E-state index in [-0.39, 0.29) is 29.7 Å². The van der Waals surface area contributed by atoms with Crippen molar-refractivity contribution >= 4 is 16.0 Å². The quantitative estimate of drug-likeness (QED) is 0.635. The standard InChI is InChI=1S/C20H27FN6O2S/c1-12-14(6-13-4-5-25-19(17(13)21)26-30(28,29)23-2)9-24-10-16(12)18-20(11-27(18)3)7-15(22)8-20/h4-5,9-10,15,18,23H,6-8,11,22H2,1-3H3,(H,25,26). The van der Waals surface area contributed by atoms with Gasteiger partial charge in [-0.2, -0.15) is 8.42 Å². The van der Waals surface area contributed by atoms with E-state index in [1.54, 1.807) is 12.3 Å². The molecule has 0 amide bonds. The largest absolute Gasteiger partial charge is 0.328 e. The lowest BCUT2D eigenvalue weighted by molar-refractivity contribution is -0.124. The third-order valence-electron chi connectivity index (χ3n) is 6.43. The number of hydrogen-bond donors (Lipinski definition) is 3. The van der Waals surface area contributed by atoms with E-state index >= 15 is 0 Å². The van der Waals surface area contributed by atoms with Crippen LogP contribution in [-0.2, 0) is 16.6 Å². The Bertz CT molecular complexity index is 1070.